The molecule has 0 radical (unpaired) electrons. The van der Waals surface area contributed by atoms with Gasteiger partial charge in [-0.25, -0.2) is 9.78 Å². The standard InChI is InChI=1S/C18H29N5O/c1-6-14(12-22(3)4)19-18(24)23(5)11-10-16-20-15-9-7-8-13(2)17(15)21-16/h7-9,14H,6,10-12H2,1-5H3,(H,19,24)(H,20,21)/t14-/m0/s1. The van der Waals surface area contributed by atoms with Crippen LogP contribution in [0.4, 0.5) is 4.79 Å². The lowest BCUT2D eigenvalue weighted by Crippen LogP contribution is -2.47. The molecule has 0 aliphatic heterocycles. The van der Waals surface area contributed by atoms with Gasteiger partial charge >= 0.3 is 6.03 Å². The monoisotopic (exact) mass is 331 g/mol. The molecule has 2 rings (SSSR count). The van der Waals surface area contributed by atoms with Crippen LogP contribution in [0.3, 0.4) is 0 Å². The molecular formula is C18H29N5O. The normalized spacial score (nSPS) is 12.6. The fourth-order valence-electron chi connectivity index (χ4n) is 2.72. The number of H-pyrrole nitrogens is 1. The fraction of sp³-hybridized carbons (Fsp3) is 0.556. The van der Waals surface area contributed by atoms with Gasteiger partial charge in [0.1, 0.15) is 5.82 Å². The minimum Gasteiger partial charge on any atom is -0.342 e. The zero-order valence-corrected chi connectivity index (χ0v) is 15.4. The van der Waals surface area contributed by atoms with E-state index < -0.39 is 0 Å². The van der Waals surface area contributed by atoms with Gasteiger partial charge in [0.15, 0.2) is 0 Å². The molecule has 2 aromatic rings. The maximum absolute atomic E-state index is 12.3. The quantitative estimate of drug-likeness (QED) is 0.819. The molecule has 0 bridgehead atoms. The Morgan fingerprint density at radius 2 is 2.08 bits per heavy atom. The van der Waals surface area contributed by atoms with Gasteiger partial charge in [-0.3, -0.25) is 0 Å². The highest BCUT2D eigenvalue weighted by molar-refractivity contribution is 5.78. The summed E-state index contributed by atoms with van der Waals surface area (Å²) in [5, 5.41) is 3.08. The minimum atomic E-state index is -0.0315. The average Bonchev–Trinajstić information content (AvgIpc) is 2.96. The number of likely N-dealkylation sites (N-methyl/N-ethyl adjacent to an activating group) is 2. The Morgan fingerprint density at radius 3 is 2.71 bits per heavy atom. The molecule has 2 N–H and O–H groups in total. The summed E-state index contributed by atoms with van der Waals surface area (Å²) in [5.74, 6) is 0.916. The third-order valence-corrected chi connectivity index (χ3v) is 4.20. The molecule has 1 aromatic carbocycles. The number of urea groups is 1. The Balaban J connectivity index is 1.90. The van der Waals surface area contributed by atoms with Crippen LogP contribution in [0.25, 0.3) is 11.0 Å². The van der Waals surface area contributed by atoms with Crippen molar-refractivity contribution >= 4 is 17.1 Å². The van der Waals surface area contributed by atoms with E-state index in [1.807, 2.05) is 33.3 Å². The molecule has 0 aliphatic rings. The van der Waals surface area contributed by atoms with E-state index in [0.29, 0.717) is 13.0 Å². The fourth-order valence-corrected chi connectivity index (χ4v) is 2.72. The molecule has 1 atom stereocenters. The molecule has 6 nitrogen and oxygen atoms in total. The van der Waals surface area contributed by atoms with Crippen molar-refractivity contribution in [3.05, 3.63) is 29.6 Å². The topological polar surface area (TPSA) is 64.3 Å². The van der Waals surface area contributed by atoms with Crippen molar-refractivity contribution < 1.29 is 4.79 Å². The molecule has 0 spiro atoms. The van der Waals surface area contributed by atoms with E-state index in [1.54, 1.807) is 4.90 Å². The van der Waals surface area contributed by atoms with Gasteiger partial charge in [-0.2, -0.15) is 0 Å². The predicted molar refractivity (Wildman–Crippen MR) is 98.3 cm³/mol. The number of amides is 2. The van der Waals surface area contributed by atoms with E-state index in [4.69, 9.17) is 0 Å². The van der Waals surface area contributed by atoms with Gasteiger partial charge in [-0.1, -0.05) is 19.1 Å². The maximum atomic E-state index is 12.3. The van der Waals surface area contributed by atoms with Crippen molar-refractivity contribution in [2.24, 2.45) is 0 Å². The zero-order chi connectivity index (χ0) is 17.7. The summed E-state index contributed by atoms with van der Waals surface area (Å²) in [6.45, 7) is 5.62. The predicted octanol–water partition coefficient (Wildman–Crippen LogP) is 2.40. The summed E-state index contributed by atoms with van der Waals surface area (Å²) in [5.41, 5.74) is 3.22. The van der Waals surface area contributed by atoms with Crippen LogP contribution in [0.15, 0.2) is 18.2 Å². The first-order valence-electron chi connectivity index (χ1n) is 8.51. The summed E-state index contributed by atoms with van der Waals surface area (Å²) in [7, 11) is 5.86. The van der Waals surface area contributed by atoms with Crippen LogP contribution in [-0.2, 0) is 6.42 Å². The van der Waals surface area contributed by atoms with Gasteiger partial charge in [0.2, 0.25) is 0 Å². The van der Waals surface area contributed by atoms with Gasteiger partial charge in [0.25, 0.3) is 0 Å². The Bertz CT molecular complexity index is 679. The number of nitrogens with one attached hydrogen (secondary N) is 2. The van der Waals surface area contributed by atoms with Crippen molar-refractivity contribution in [3.63, 3.8) is 0 Å². The molecule has 0 unspecified atom stereocenters. The van der Waals surface area contributed by atoms with Crippen molar-refractivity contribution in [3.8, 4) is 0 Å². The van der Waals surface area contributed by atoms with Crippen LogP contribution in [0.2, 0.25) is 0 Å². The first kappa shape index (κ1) is 18.3. The average molecular weight is 331 g/mol. The molecule has 1 heterocycles. The Labute approximate surface area is 144 Å². The molecule has 0 saturated heterocycles. The van der Waals surface area contributed by atoms with Crippen LogP contribution in [-0.4, -0.2) is 66.1 Å². The maximum Gasteiger partial charge on any atom is 0.317 e. The number of aromatic nitrogens is 2. The number of carbonyl (C=O) groups is 1. The number of nitrogens with zero attached hydrogens (tertiary/aromatic N) is 3. The molecule has 0 fully saturated rings. The van der Waals surface area contributed by atoms with Crippen molar-refractivity contribution in [1.29, 1.82) is 0 Å². The summed E-state index contributed by atoms with van der Waals surface area (Å²) in [6, 6.07) is 6.25. The van der Waals surface area contributed by atoms with Gasteiger partial charge in [0.05, 0.1) is 11.0 Å². The number of imidazole rings is 1. The van der Waals surface area contributed by atoms with Crippen LogP contribution >= 0.6 is 0 Å². The molecule has 6 heteroatoms. The highest BCUT2D eigenvalue weighted by Gasteiger charge is 2.15. The summed E-state index contributed by atoms with van der Waals surface area (Å²) in [6.07, 6.45) is 1.63. The first-order chi connectivity index (χ1) is 11.4. The lowest BCUT2D eigenvalue weighted by molar-refractivity contribution is 0.200. The molecular weight excluding hydrogens is 302 g/mol. The number of para-hydroxylation sites is 1. The van der Waals surface area contributed by atoms with Gasteiger partial charge in [-0.15, -0.1) is 0 Å². The molecule has 0 aliphatic carbocycles. The first-order valence-corrected chi connectivity index (χ1v) is 8.51. The van der Waals surface area contributed by atoms with Crippen molar-refractivity contribution in [1.82, 2.24) is 25.1 Å². The molecule has 24 heavy (non-hydrogen) atoms. The Hall–Kier alpha value is -2.08. The summed E-state index contributed by atoms with van der Waals surface area (Å²) < 4.78 is 0. The lowest BCUT2D eigenvalue weighted by atomic mass is 10.2. The molecule has 1 aromatic heterocycles. The van der Waals surface area contributed by atoms with Crippen molar-refractivity contribution in [2.75, 3.05) is 34.2 Å². The zero-order valence-electron chi connectivity index (χ0n) is 15.4. The van der Waals surface area contributed by atoms with E-state index >= 15 is 0 Å². The lowest BCUT2D eigenvalue weighted by Gasteiger charge is -2.24. The van der Waals surface area contributed by atoms with E-state index in [2.05, 4.69) is 40.1 Å². The molecule has 2 amide bonds. The molecule has 0 saturated carbocycles. The number of aromatic amines is 1. The highest BCUT2D eigenvalue weighted by Crippen LogP contribution is 2.15. The number of hydrogen-bond acceptors (Lipinski definition) is 3. The van der Waals surface area contributed by atoms with E-state index in [1.165, 1.54) is 0 Å². The largest absolute Gasteiger partial charge is 0.342 e. The van der Waals surface area contributed by atoms with E-state index in [0.717, 1.165) is 35.4 Å². The van der Waals surface area contributed by atoms with Gasteiger partial charge in [0, 0.05) is 32.6 Å². The third kappa shape index (κ3) is 4.71. The second-order valence-electron chi connectivity index (χ2n) is 6.64. The smallest absolute Gasteiger partial charge is 0.317 e. The van der Waals surface area contributed by atoms with Crippen molar-refractivity contribution in [2.45, 2.75) is 32.7 Å². The van der Waals surface area contributed by atoms with Crippen LogP contribution < -0.4 is 5.32 Å². The second-order valence-corrected chi connectivity index (χ2v) is 6.64. The highest BCUT2D eigenvalue weighted by atomic mass is 16.2. The number of benzene rings is 1. The SMILES string of the molecule is CC[C@@H](CN(C)C)NC(=O)N(C)CCc1nc2c(C)cccc2[nH]1. The van der Waals surface area contributed by atoms with E-state index in [9.17, 15) is 4.79 Å². The van der Waals surface area contributed by atoms with Crippen LogP contribution in [0, 0.1) is 6.92 Å². The number of hydrogen-bond donors (Lipinski definition) is 2. The Morgan fingerprint density at radius 1 is 1.33 bits per heavy atom. The van der Waals surface area contributed by atoms with Gasteiger partial charge < -0.3 is 20.1 Å². The third-order valence-electron chi connectivity index (χ3n) is 4.20. The minimum absolute atomic E-state index is 0.0315. The second kappa shape index (κ2) is 8.15. The van der Waals surface area contributed by atoms with Crippen LogP contribution in [0.5, 0.6) is 0 Å². The number of rotatable bonds is 7. The Kier molecular flexibility index (Phi) is 6.20. The van der Waals surface area contributed by atoms with Crippen LogP contribution in [0.1, 0.15) is 24.7 Å². The summed E-state index contributed by atoms with van der Waals surface area (Å²) in [4.78, 5) is 24.1. The van der Waals surface area contributed by atoms with Gasteiger partial charge in [-0.05, 0) is 39.1 Å². The molecule has 132 valence electrons. The summed E-state index contributed by atoms with van der Waals surface area (Å²) >= 11 is 0. The number of aryl methyl sites for hydroxylation is 1. The number of fused-ring (bicyclic) bond motifs is 1. The number of carbonyl (C=O) groups excluding carboxylic acids is 1. The van der Waals surface area contributed by atoms with E-state index in [-0.39, 0.29) is 12.1 Å².